The number of aliphatic hydroxyl groups is 2. The van der Waals surface area contributed by atoms with Crippen molar-refractivity contribution in [3.05, 3.63) is 0 Å². The molecule has 5 heterocycles. The summed E-state index contributed by atoms with van der Waals surface area (Å²) in [6.45, 7) is 1.73. The van der Waals surface area contributed by atoms with Crippen LogP contribution in [0.4, 0.5) is 0 Å². The normalized spacial score (nSPS) is 48.1. The third-order valence-electron chi connectivity index (χ3n) is 14.6. The Kier molecular flexibility index (Phi) is 12.6. The molecule has 0 aromatic carbocycles. The summed E-state index contributed by atoms with van der Waals surface area (Å²) in [5.74, 6) is 5.97. The third kappa shape index (κ3) is 7.84. The SMILES string of the molecule is C1CCC2C3NC(NC4NC(NC5NC(NC6NC(N3)C3CCCCC63)C3CCCCC53)C3CCCCC43)C2C1.OCCOCCOCCO. The molecule has 9 aliphatic rings. The minimum Gasteiger partial charge on any atom is -0.394 e. The van der Waals surface area contributed by atoms with E-state index in [0.717, 1.165) is 47.3 Å². The van der Waals surface area contributed by atoms with Crippen molar-refractivity contribution < 1.29 is 19.7 Å². The molecule has 0 amide bonds. The molecule has 0 aromatic heterocycles. The molecule has 0 aromatic rings. The summed E-state index contributed by atoms with van der Waals surface area (Å²) in [5, 5.41) is 50.3. The van der Waals surface area contributed by atoms with Gasteiger partial charge in [0, 0.05) is 0 Å². The van der Waals surface area contributed by atoms with E-state index in [1.165, 1.54) is 103 Å². The van der Waals surface area contributed by atoms with Crippen LogP contribution in [0.2, 0.25) is 0 Å². The molecule has 0 radical (unpaired) electrons. The maximum atomic E-state index is 8.26. The molecule has 5 aliphatic heterocycles. The van der Waals surface area contributed by atoms with Gasteiger partial charge in [0.05, 0.1) is 89.0 Å². The molecule has 8 bridgehead atoms. The van der Waals surface area contributed by atoms with E-state index in [1.54, 1.807) is 0 Å². The van der Waals surface area contributed by atoms with E-state index in [2.05, 4.69) is 42.5 Å². The first-order valence-corrected chi connectivity index (χ1v) is 21.2. The lowest BCUT2D eigenvalue weighted by atomic mass is 9.76. The van der Waals surface area contributed by atoms with Gasteiger partial charge in [-0.25, -0.2) is 0 Å². The Morgan fingerprint density at radius 3 is 0.640 bits per heavy atom. The first-order valence-electron chi connectivity index (χ1n) is 21.2. The molecule has 8 unspecified atom stereocenters. The van der Waals surface area contributed by atoms with Gasteiger partial charge in [-0.3, -0.25) is 42.5 Å². The Bertz CT molecular complexity index is 846. The minimum atomic E-state index is 0.0417. The first-order chi connectivity index (χ1) is 24.7. The second-order valence-corrected chi connectivity index (χ2v) is 17.3. The molecule has 12 heteroatoms. The molecule has 50 heavy (non-hydrogen) atoms. The highest BCUT2D eigenvalue weighted by atomic mass is 16.5. The number of nitrogens with one attached hydrogen (secondary N) is 8. The van der Waals surface area contributed by atoms with Crippen molar-refractivity contribution in [2.24, 2.45) is 47.3 Å². The maximum Gasteiger partial charge on any atom is 0.0701 e. The zero-order valence-corrected chi connectivity index (χ0v) is 30.5. The van der Waals surface area contributed by atoms with E-state index < -0.39 is 0 Å². The van der Waals surface area contributed by atoms with Crippen molar-refractivity contribution in [3.63, 3.8) is 0 Å². The van der Waals surface area contributed by atoms with Crippen LogP contribution in [0.15, 0.2) is 0 Å². The Hall–Kier alpha value is -0.480. The summed E-state index contributed by atoms with van der Waals surface area (Å²) >= 11 is 0. The molecule has 5 saturated heterocycles. The number of aliphatic hydroxyl groups excluding tert-OH is 2. The number of fused-ring (bicyclic) bond motifs is 20. The van der Waals surface area contributed by atoms with Gasteiger partial charge < -0.3 is 19.7 Å². The molecule has 4 aliphatic carbocycles. The highest BCUT2D eigenvalue weighted by molar-refractivity contribution is 5.08. The van der Waals surface area contributed by atoms with Crippen molar-refractivity contribution in [3.8, 4) is 0 Å². The van der Waals surface area contributed by atoms with Crippen LogP contribution in [0, 0.1) is 47.3 Å². The topological polar surface area (TPSA) is 155 Å². The smallest absolute Gasteiger partial charge is 0.0701 e. The van der Waals surface area contributed by atoms with E-state index >= 15 is 0 Å². The maximum absolute atomic E-state index is 8.26. The molecule has 12 nitrogen and oxygen atoms in total. The molecule has 9 fully saturated rings. The van der Waals surface area contributed by atoms with Gasteiger partial charge in [0.1, 0.15) is 0 Å². The van der Waals surface area contributed by atoms with E-state index in [0.29, 0.717) is 75.8 Å². The number of ether oxygens (including phenoxy) is 2. The highest BCUT2D eigenvalue weighted by Gasteiger charge is 2.54. The van der Waals surface area contributed by atoms with Gasteiger partial charge in [-0.15, -0.1) is 0 Å². The van der Waals surface area contributed by atoms with Gasteiger partial charge in [0.2, 0.25) is 0 Å². The largest absolute Gasteiger partial charge is 0.394 e. The zero-order chi connectivity index (χ0) is 33.9. The predicted molar refractivity (Wildman–Crippen MR) is 193 cm³/mol. The van der Waals surface area contributed by atoms with Gasteiger partial charge in [0.15, 0.2) is 0 Å². The molecule has 286 valence electrons. The van der Waals surface area contributed by atoms with Crippen molar-refractivity contribution in [2.75, 3.05) is 39.6 Å². The Labute approximate surface area is 300 Å². The van der Waals surface area contributed by atoms with Gasteiger partial charge in [-0.2, -0.15) is 0 Å². The van der Waals surface area contributed by atoms with Crippen LogP contribution in [0.3, 0.4) is 0 Å². The van der Waals surface area contributed by atoms with Gasteiger partial charge in [-0.05, 0) is 98.7 Å². The summed E-state index contributed by atoms with van der Waals surface area (Å²) in [6, 6.07) is 0. The fourth-order valence-electron chi connectivity index (χ4n) is 12.4. The molecule has 4 saturated carbocycles. The van der Waals surface area contributed by atoms with Gasteiger partial charge in [0.25, 0.3) is 0 Å². The molecule has 9 rings (SSSR count). The average molecular weight is 703 g/mol. The second kappa shape index (κ2) is 17.3. The molecule has 0 spiro atoms. The lowest BCUT2D eigenvalue weighted by Gasteiger charge is -2.35. The highest BCUT2D eigenvalue weighted by Crippen LogP contribution is 2.45. The Morgan fingerprint density at radius 1 is 0.300 bits per heavy atom. The van der Waals surface area contributed by atoms with Crippen molar-refractivity contribution in [2.45, 2.75) is 152 Å². The predicted octanol–water partition coefficient (Wildman–Crippen LogP) is 1.61. The van der Waals surface area contributed by atoms with Crippen molar-refractivity contribution in [1.82, 2.24) is 42.5 Å². The lowest BCUT2D eigenvalue weighted by molar-refractivity contribution is 0.0222. The molecule has 8 atom stereocenters. The fourth-order valence-corrected chi connectivity index (χ4v) is 12.4. The van der Waals surface area contributed by atoms with E-state index in [1.807, 2.05) is 0 Å². The fraction of sp³-hybridized carbons (Fsp3) is 1.00. The van der Waals surface area contributed by atoms with Crippen LogP contribution in [0.1, 0.15) is 103 Å². The summed E-state index contributed by atoms with van der Waals surface area (Å²) in [5.41, 5.74) is 0. The van der Waals surface area contributed by atoms with Crippen LogP contribution >= 0.6 is 0 Å². The van der Waals surface area contributed by atoms with Gasteiger partial charge in [-0.1, -0.05) is 51.4 Å². The quantitative estimate of drug-likeness (QED) is 0.175. The average Bonchev–Trinajstić information content (AvgIpc) is 3.89. The third-order valence-corrected chi connectivity index (χ3v) is 14.6. The van der Waals surface area contributed by atoms with Crippen LogP contribution in [0.25, 0.3) is 0 Å². The molecular formula is C38H70N8O4. The van der Waals surface area contributed by atoms with Crippen LogP contribution in [0.5, 0.6) is 0 Å². The Balaban J connectivity index is 0.000000318. The van der Waals surface area contributed by atoms with E-state index in [-0.39, 0.29) is 13.2 Å². The summed E-state index contributed by atoms with van der Waals surface area (Å²) in [7, 11) is 0. The zero-order valence-electron chi connectivity index (χ0n) is 30.5. The van der Waals surface area contributed by atoms with Crippen molar-refractivity contribution in [1.29, 1.82) is 0 Å². The summed E-state index contributed by atoms with van der Waals surface area (Å²) < 4.78 is 9.75. The van der Waals surface area contributed by atoms with Crippen LogP contribution in [-0.2, 0) is 9.47 Å². The summed E-state index contributed by atoms with van der Waals surface area (Å²) in [6.07, 6.45) is 25.6. The Morgan fingerprint density at radius 2 is 0.480 bits per heavy atom. The number of hydrogen-bond acceptors (Lipinski definition) is 12. The van der Waals surface area contributed by atoms with Crippen LogP contribution in [-0.4, -0.2) is 99.2 Å². The number of rotatable bonds is 7. The van der Waals surface area contributed by atoms with E-state index in [4.69, 9.17) is 19.7 Å². The standard InChI is InChI=1S/C32H56N8.C6H14O4/c1-2-10-18-17(9-1)25-33-26(18)38-28-21-13-5-6-14-22(21)30(35-28)40-32-24-16-8-7-15-23(24)31(36-32)39-29-20-12-4-3-11-19(20)27(34-29)37-25;7-1-3-9-5-6-10-4-2-8/h17-40H,1-16H2;7-8H,1-6H2. The lowest BCUT2D eigenvalue weighted by Crippen LogP contribution is -2.61. The van der Waals surface area contributed by atoms with Crippen molar-refractivity contribution >= 4 is 0 Å². The summed E-state index contributed by atoms with van der Waals surface area (Å²) in [4.78, 5) is 0. The van der Waals surface area contributed by atoms with Gasteiger partial charge >= 0.3 is 0 Å². The number of hydrogen-bond donors (Lipinski definition) is 10. The van der Waals surface area contributed by atoms with E-state index in [9.17, 15) is 0 Å². The second-order valence-electron chi connectivity index (χ2n) is 17.3. The first kappa shape index (κ1) is 36.5. The molecule has 10 N–H and O–H groups in total. The minimum absolute atomic E-state index is 0.0417. The molecular weight excluding hydrogens is 632 g/mol. The monoisotopic (exact) mass is 703 g/mol. The van der Waals surface area contributed by atoms with Crippen LogP contribution < -0.4 is 42.5 Å².